The van der Waals surface area contributed by atoms with Gasteiger partial charge in [-0.05, 0) is 68.3 Å². The first kappa shape index (κ1) is 29.0. The molecule has 0 aliphatic rings. The number of nitrogens with one attached hydrogen (secondary N) is 1. The van der Waals surface area contributed by atoms with E-state index in [9.17, 15) is 22.8 Å². The van der Waals surface area contributed by atoms with Gasteiger partial charge in [-0.25, -0.2) is 4.98 Å². The number of rotatable bonds is 9. The standard InChI is InChI=1S/C27H25ClF3N3O3S2/c1-4-6-21-15(3)23-24(39-21)33-26(34(25(23)36)17-8-10-18(11-9-17)37-5-2)38-14-22(35)32-16-7-12-20(28)19(13-16)27(29,30)31/h7-13H,4-6,14H2,1-3H3,(H,32,35). The summed E-state index contributed by atoms with van der Waals surface area (Å²) in [6.07, 6.45) is -2.92. The number of nitrogens with zero attached hydrogens (tertiary/aromatic N) is 2. The molecule has 0 fully saturated rings. The van der Waals surface area contributed by atoms with E-state index in [0.29, 0.717) is 33.4 Å². The maximum absolute atomic E-state index is 13.8. The number of alkyl halides is 3. The van der Waals surface area contributed by atoms with Gasteiger partial charge in [0.05, 0.1) is 34.0 Å². The van der Waals surface area contributed by atoms with E-state index in [1.54, 1.807) is 24.3 Å². The number of aryl methyl sites for hydroxylation is 2. The molecule has 0 aliphatic heterocycles. The van der Waals surface area contributed by atoms with Crippen LogP contribution in [0.25, 0.3) is 15.9 Å². The van der Waals surface area contributed by atoms with Crippen LogP contribution in [0.4, 0.5) is 18.9 Å². The quantitative estimate of drug-likeness (QED) is 0.160. The van der Waals surface area contributed by atoms with Gasteiger partial charge in [0, 0.05) is 10.6 Å². The number of halogens is 4. The maximum atomic E-state index is 13.8. The molecule has 4 rings (SSSR count). The molecule has 6 nitrogen and oxygen atoms in total. The largest absolute Gasteiger partial charge is 0.494 e. The number of benzene rings is 2. The number of anilines is 1. The summed E-state index contributed by atoms with van der Waals surface area (Å²) in [4.78, 5) is 32.9. The van der Waals surface area contributed by atoms with E-state index in [2.05, 4.69) is 12.2 Å². The van der Waals surface area contributed by atoms with Gasteiger partial charge in [-0.15, -0.1) is 11.3 Å². The fourth-order valence-corrected chi connectivity index (χ4v) is 6.36. The van der Waals surface area contributed by atoms with Gasteiger partial charge in [-0.2, -0.15) is 13.2 Å². The van der Waals surface area contributed by atoms with Gasteiger partial charge >= 0.3 is 6.18 Å². The summed E-state index contributed by atoms with van der Waals surface area (Å²) in [6.45, 7) is 6.34. The monoisotopic (exact) mass is 595 g/mol. The van der Waals surface area contributed by atoms with Gasteiger partial charge in [0.25, 0.3) is 5.56 Å². The third kappa shape index (κ3) is 6.42. The molecule has 0 unspecified atom stereocenters. The zero-order valence-electron chi connectivity index (χ0n) is 21.3. The number of thiophene rings is 1. The van der Waals surface area contributed by atoms with Crippen molar-refractivity contribution in [1.29, 1.82) is 0 Å². The minimum Gasteiger partial charge on any atom is -0.494 e. The molecule has 2 aromatic carbocycles. The fourth-order valence-electron chi connectivity index (χ4n) is 4.01. The van der Waals surface area contributed by atoms with E-state index in [4.69, 9.17) is 21.3 Å². The topological polar surface area (TPSA) is 73.2 Å². The predicted molar refractivity (Wildman–Crippen MR) is 151 cm³/mol. The van der Waals surface area contributed by atoms with Crippen LogP contribution in [0.5, 0.6) is 5.75 Å². The third-order valence-electron chi connectivity index (χ3n) is 5.80. The molecule has 0 aliphatic carbocycles. The Morgan fingerprint density at radius 2 is 1.90 bits per heavy atom. The normalized spacial score (nSPS) is 11.7. The molecule has 0 saturated carbocycles. The average Bonchev–Trinajstić information content (AvgIpc) is 3.19. The van der Waals surface area contributed by atoms with Crippen molar-refractivity contribution >= 4 is 56.5 Å². The first-order valence-electron chi connectivity index (χ1n) is 12.1. The molecule has 1 amide bonds. The Kier molecular flexibility index (Phi) is 8.93. The van der Waals surface area contributed by atoms with Gasteiger partial charge < -0.3 is 10.1 Å². The second-order valence-electron chi connectivity index (χ2n) is 8.57. The molecule has 0 spiro atoms. The van der Waals surface area contributed by atoms with E-state index < -0.39 is 22.7 Å². The Labute approximate surface area is 236 Å². The molecule has 12 heteroatoms. The zero-order valence-corrected chi connectivity index (χ0v) is 23.7. The molecular formula is C27H25ClF3N3O3S2. The smallest absolute Gasteiger partial charge is 0.417 e. The summed E-state index contributed by atoms with van der Waals surface area (Å²) >= 11 is 8.15. The maximum Gasteiger partial charge on any atom is 0.417 e. The number of aromatic nitrogens is 2. The van der Waals surface area contributed by atoms with Crippen LogP contribution in [-0.2, 0) is 17.4 Å². The summed E-state index contributed by atoms with van der Waals surface area (Å²) in [6, 6.07) is 10.1. The molecule has 206 valence electrons. The van der Waals surface area contributed by atoms with Crippen molar-refractivity contribution in [3.8, 4) is 11.4 Å². The summed E-state index contributed by atoms with van der Waals surface area (Å²) in [7, 11) is 0. The zero-order chi connectivity index (χ0) is 28.3. The summed E-state index contributed by atoms with van der Waals surface area (Å²) in [5.74, 6) is -0.0994. The number of ether oxygens (including phenoxy) is 1. The molecule has 0 radical (unpaired) electrons. The molecule has 4 aromatic rings. The Bertz CT molecular complexity index is 1570. The molecule has 0 saturated heterocycles. The lowest BCUT2D eigenvalue weighted by Crippen LogP contribution is -2.23. The minimum absolute atomic E-state index is 0.0391. The molecule has 0 atom stereocenters. The van der Waals surface area contributed by atoms with E-state index in [0.717, 1.165) is 47.2 Å². The van der Waals surface area contributed by atoms with Crippen LogP contribution in [0.15, 0.2) is 52.4 Å². The van der Waals surface area contributed by atoms with Crippen LogP contribution >= 0.6 is 34.7 Å². The second-order valence-corrected chi connectivity index (χ2v) is 11.0. The van der Waals surface area contributed by atoms with Crippen LogP contribution in [0, 0.1) is 6.92 Å². The lowest BCUT2D eigenvalue weighted by Gasteiger charge is -2.14. The predicted octanol–water partition coefficient (Wildman–Crippen LogP) is 7.51. The van der Waals surface area contributed by atoms with Crippen LogP contribution in [0.3, 0.4) is 0 Å². The first-order valence-corrected chi connectivity index (χ1v) is 14.3. The van der Waals surface area contributed by atoms with E-state index in [1.165, 1.54) is 22.0 Å². The molecular weight excluding hydrogens is 571 g/mol. The van der Waals surface area contributed by atoms with Crippen LogP contribution in [0.1, 0.15) is 36.3 Å². The third-order valence-corrected chi connectivity index (χ3v) is 8.32. The van der Waals surface area contributed by atoms with Gasteiger partial charge in [-0.1, -0.05) is 36.7 Å². The Balaban J connectivity index is 1.68. The van der Waals surface area contributed by atoms with Crippen molar-refractivity contribution < 1.29 is 22.7 Å². The highest BCUT2D eigenvalue weighted by Crippen LogP contribution is 2.36. The minimum atomic E-state index is -4.66. The van der Waals surface area contributed by atoms with Gasteiger partial charge in [0.1, 0.15) is 10.6 Å². The number of hydrogen-bond acceptors (Lipinski definition) is 6. The lowest BCUT2D eigenvalue weighted by atomic mass is 10.1. The van der Waals surface area contributed by atoms with Crippen molar-refractivity contribution in [3.05, 3.63) is 73.8 Å². The van der Waals surface area contributed by atoms with Crippen molar-refractivity contribution in [1.82, 2.24) is 9.55 Å². The number of fused-ring (bicyclic) bond motifs is 1. The Morgan fingerprint density at radius 3 is 2.54 bits per heavy atom. The summed E-state index contributed by atoms with van der Waals surface area (Å²) in [5.41, 5.74) is 0.114. The number of amides is 1. The van der Waals surface area contributed by atoms with Gasteiger partial charge in [-0.3, -0.25) is 14.2 Å². The SMILES string of the molecule is CCCc1sc2nc(SCC(=O)Nc3ccc(Cl)c(C(F)(F)F)c3)n(-c3ccc(OCC)cc3)c(=O)c2c1C. The number of carbonyl (C=O) groups is 1. The highest BCUT2D eigenvalue weighted by Gasteiger charge is 2.33. The fraction of sp³-hybridized carbons (Fsp3) is 0.296. The van der Waals surface area contributed by atoms with Crippen molar-refractivity contribution in [2.45, 2.75) is 44.9 Å². The van der Waals surface area contributed by atoms with Gasteiger partial charge in [0.15, 0.2) is 5.16 Å². The van der Waals surface area contributed by atoms with Crippen LogP contribution < -0.4 is 15.6 Å². The summed E-state index contributed by atoms with van der Waals surface area (Å²) < 4.78 is 46.6. The molecule has 2 heterocycles. The van der Waals surface area contributed by atoms with E-state index >= 15 is 0 Å². The van der Waals surface area contributed by atoms with E-state index in [1.807, 2.05) is 13.8 Å². The van der Waals surface area contributed by atoms with Gasteiger partial charge in [0.2, 0.25) is 5.91 Å². The Morgan fingerprint density at radius 1 is 1.18 bits per heavy atom. The van der Waals surface area contributed by atoms with Crippen molar-refractivity contribution in [2.24, 2.45) is 0 Å². The first-order chi connectivity index (χ1) is 18.5. The number of hydrogen-bond donors (Lipinski definition) is 1. The highest BCUT2D eigenvalue weighted by atomic mass is 35.5. The summed E-state index contributed by atoms with van der Waals surface area (Å²) in [5, 5.41) is 2.84. The molecule has 0 bridgehead atoms. The van der Waals surface area contributed by atoms with Crippen molar-refractivity contribution in [3.63, 3.8) is 0 Å². The second kappa shape index (κ2) is 12.0. The number of thioether (sulfide) groups is 1. The molecule has 39 heavy (non-hydrogen) atoms. The van der Waals surface area contributed by atoms with Crippen molar-refractivity contribution in [2.75, 3.05) is 17.7 Å². The van der Waals surface area contributed by atoms with E-state index in [-0.39, 0.29) is 17.0 Å². The number of carbonyl (C=O) groups excluding carboxylic acids is 1. The van der Waals surface area contributed by atoms with Crippen LogP contribution in [-0.4, -0.2) is 27.8 Å². The molecule has 1 N–H and O–H groups in total. The lowest BCUT2D eigenvalue weighted by molar-refractivity contribution is -0.137. The average molecular weight is 596 g/mol. The Hall–Kier alpha value is -3.02. The molecule has 2 aromatic heterocycles. The van der Waals surface area contributed by atoms with Crippen LogP contribution in [0.2, 0.25) is 5.02 Å². The highest BCUT2D eigenvalue weighted by molar-refractivity contribution is 7.99.